The van der Waals surface area contributed by atoms with Crippen molar-refractivity contribution in [2.75, 3.05) is 26.0 Å². The number of hydrogen-bond acceptors (Lipinski definition) is 3. The fraction of sp³-hybridized carbons (Fsp3) is 0.600. The van der Waals surface area contributed by atoms with Crippen molar-refractivity contribution in [3.8, 4) is 0 Å². The van der Waals surface area contributed by atoms with Gasteiger partial charge in [0.2, 0.25) is 0 Å². The molecule has 3 heteroatoms. The maximum absolute atomic E-state index is 8.71. The van der Waals surface area contributed by atoms with Gasteiger partial charge < -0.3 is 10.4 Å². The van der Waals surface area contributed by atoms with Gasteiger partial charge in [-0.2, -0.15) is 0 Å². The van der Waals surface area contributed by atoms with Crippen LogP contribution in [0.25, 0.3) is 0 Å². The van der Waals surface area contributed by atoms with Crippen LogP contribution in [0.2, 0.25) is 0 Å². The molecule has 0 bridgehead atoms. The monoisotopic (exact) mass is 267 g/mol. The van der Waals surface area contributed by atoms with Crippen LogP contribution in [0.3, 0.4) is 0 Å². The molecule has 0 aliphatic carbocycles. The molecule has 0 unspecified atom stereocenters. The number of thioether (sulfide) groups is 1. The first kappa shape index (κ1) is 15.5. The predicted octanol–water partition coefficient (Wildman–Crippen LogP) is 3.09. The SMILES string of the molecule is CNCCCc1cccc(SCCCCCO)c1. The largest absolute Gasteiger partial charge is 0.396 e. The molecule has 102 valence electrons. The number of aliphatic hydroxyl groups is 1. The zero-order valence-electron chi connectivity index (χ0n) is 11.3. The Balaban J connectivity index is 2.26. The van der Waals surface area contributed by atoms with Gasteiger partial charge in [0.25, 0.3) is 0 Å². The summed E-state index contributed by atoms with van der Waals surface area (Å²) in [7, 11) is 2.00. The molecule has 0 aliphatic heterocycles. The highest BCUT2D eigenvalue weighted by Crippen LogP contribution is 2.21. The van der Waals surface area contributed by atoms with Crippen LogP contribution in [0.4, 0.5) is 0 Å². The Morgan fingerprint density at radius 2 is 2.06 bits per heavy atom. The first-order valence-electron chi connectivity index (χ1n) is 6.84. The summed E-state index contributed by atoms with van der Waals surface area (Å²) in [5, 5.41) is 11.9. The third-order valence-electron chi connectivity index (χ3n) is 2.86. The highest BCUT2D eigenvalue weighted by molar-refractivity contribution is 7.99. The lowest BCUT2D eigenvalue weighted by Crippen LogP contribution is -2.08. The van der Waals surface area contributed by atoms with Crippen LogP contribution in [0.5, 0.6) is 0 Å². The molecule has 2 N–H and O–H groups in total. The number of aliphatic hydroxyl groups excluding tert-OH is 1. The average Bonchev–Trinajstić information content (AvgIpc) is 2.39. The van der Waals surface area contributed by atoms with Gasteiger partial charge in [0.05, 0.1) is 0 Å². The second-order valence-electron chi connectivity index (χ2n) is 4.49. The second kappa shape index (κ2) is 10.4. The van der Waals surface area contributed by atoms with E-state index in [1.165, 1.54) is 23.3 Å². The highest BCUT2D eigenvalue weighted by atomic mass is 32.2. The summed E-state index contributed by atoms with van der Waals surface area (Å²) in [5.74, 6) is 1.15. The standard InChI is InChI=1S/C15H25NOS/c1-16-10-6-8-14-7-5-9-15(13-14)18-12-4-2-3-11-17/h5,7,9,13,16-17H,2-4,6,8,10-12H2,1H3. The molecular formula is C15H25NOS. The van der Waals surface area contributed by atoms with Gasteiger partial charge in [-0.05, 0) is 62.7 Å². The van der Waals surface area contributed by atoms with Gasteiger partial charge in [0, 0.05) is 11.5 Å². The fourth-order valence-electron chi connectivity index (χ4n) is 1.84. The van der Waals surface area contributed by atoms with E-state index in [0.717, 1.165) is 31.6 Å². The van der Waals surface area contributed by atoms with Gasteiger partial charge in [0.15, 0.2) is 0 Å². The van der Waals surface area contributed by atoms with E-state index in [-0.39, 0.29) is 0 Å². The summed E-state index contributed by atoms with van der Waals surface area (Å²) < 4.78 is 0. The maximum Gasteiger partial charge on any atom is 0.0431 e. The third kappa shape index (κ3) is 7.04. The Morgan fingerprint density at radius 3 is 2.83 bits per heavy atom. The number of benzene rings is 1. The quantitative estimate of drug-likeness (QED) is 0.505. The summed E-state index contributed by atoms with van der Waals surface area (Å²) in [5.41, 5.74) is 1.44. The number of rotatable bonds is 10. The van der Waals surface area contributed by atoms with E-state index in [1.54, 1.807) is 0 Å². The molecule has 18 heavy (non-hydrogen) atoms. The molecule has 0 fully saturated rings. The smallest absolute Gasteiger partial charge is 0.0431 e. The molecule has 0 amide bonds. The lowest BCUT2D eigenvalue weighted by molar-refractivity contribution is 0.284. The van der Waals surface area contributed by atoms with Crippen molar-refractivity contribution in [2.24, 2.45) is 0 Å². The molecule has 0 heterocycles. The minimum atomic E-state index is 0.325. The van der Waals surface area contributed by atoms with Crippen molar-refractivity contribution in [3.63, 3.8) is 0 Å². The van der Waals surface area contributed by atoms with Crippen LogP contribution < -0.4 is 5.32 Å². The van der Waals surface area contributed by atoms with Crippen molar-refractivity contribution in [3.05, 3.63) is 29.8 Å². The van der Waals surface area contributed by atoms with Crippen LogP contribution in [-0.4, -0.2) is 31.1 Å². The van der Waals surface area contributed by atoms with E-state index in [1.807, 2.05) is 18.8 Å². The summed E-state index contributed by atoms with van der Waals surface area (Å²) in [6.07, 6.45) is 5.60. The minimum absolute atomic E-state index is 0.325. The molecule has 0 radical (unpaired) electrons. The zero-order valence-corrected chi connectivity index (χ0v) is 12.1. The number of aryl methyl sites for hydroxylation is 1. The van der Waals surface area contributed by atoms with E-state index in [9.17, 15) is 0 Å². The molecule has 0 aromatic heterocycles. The van der Waals surface area contributed by atoms with Gasteiger partial charge in [-0.1, -0.05) is 18.6 Å². The van der Waals surface area contributed by atoms with Gasteiger partial charge in [0.1, 0.15) is 0 Å². The first-order valence-corrected chi connectivity index (χ1v) is 7.82. The highest BCUT2D eigenvalue weighted by Gasteiger charge is 1.97. The maximum atomic E-state index is 8.71. The van der Waals surface area contributed by atoms with E-state index >= 15 is 0 Å². The normalized spacial score (nSPS) is 10.8. The molecule has 0 spiro atoms. The van der Waals surface area contributed by atoms with Gasteiger partial charge in [-0.3, -0.25) is 0 Å². The summed E-state index contributed by atoms with van der Waals surface area (Å²) >= 11 is 1.93. The van der Waals surface area contributed by atoms with Crippen molar-refractivity contribution in [1.82, 2.24) is 5.32 Å². The van der Waals surface area contributed by atoms with Crippen LogP contribution in [0.15, 0.2) is 29.2 Å². The fourth-order valence-corrected chi connectivity index (χ4v) is 2.83. The Hall–Kier alpha value is -0.510. The Bertz CT molecular complexity index is 317. The molecule has 1 aromatic rings. The molecule has 1 rings (SSSR count). The average molecular weight is 267 g/mol. The summed E-state index contributed by atoms with van der Waals surface area (Å²) in [6, 6.07) is 8.88. The van der Waals surface area contributed by atoms with E-state index in [2.05, 4.69) is 29.6 Å². The van der Waals surface area contributed by atoms with Crippen molar-refractivity contribution >= 4 is 11.8 Å². The van der Waals surface area contributed by atoms with Crippen molar-refractivity contribution < 1.29 is 5.11 Å². The minimum Gasteiger partial charge on any atom is -0.396 e. The van der Waals surface area contributed by atoms with Gasteiger partial charge >= 0.3 is 0 Å². The Morgan fingerprint density at radius 1 is 1.17 bits per heavy atom. The van der Waals surface area contributed by atoms with E-state index in [4.69, 9.17) is 5.11 Å². The van der Waals surface area contributed by atoms with Crippen LogP contribution in [-0.2, 0) is 6.42 Å². The number of unbranched alkanes of at least 4 members (excludes halogenated alkanes) is 2. The first-order chi connectivity index (χ1) is 8.86. The second-order valence-corrected chi connectivity index (χ2v) is 5.66. The lowest BCUT2D eigenvalue weighted by Gasteiger charge is -2.05. The number of hydrogen-bond donors (Lipinski definition) is 2. The third-order valence-corrected chi connectivity index (χ3v) is 3.94. The van der Waals surface area contributed by atoms with Gasteiger partial charge in [-0.15, -0.1) is 11.8 Å². The van der Waals surface area contributed by atoms with Crippen LogP contribution in [0.1, 0.15) is 31.2 Å². The van der Waals surface area contributed by atoms with Crippen molar-refractivity contribution in [2.45, 2.75) is 37.0 Å². The van der Waals surface area contributed by atoms with E-state index < -0.39 is 0 Å². The Labute approximate surface area is 115 Å². The Kier molecular flexibility index (Phi) is 9.00. The zero-order chi connectivity index (χ0) is 13.1. The van der Waals surface area contributed by atoms with Crippen LogP contribution in [0, 0.1) is 0 Å². The number of nitrogens with one attached hydrogen (secondary N) is 1. The molecule has 0 saturated heterocycles. The van der Waals surface area contributed by atoms with Crippen molar-refractivity contribution in [1.29, 1.82) is 0 Å². The molecule has 1 aromatic carbocycles. The summed E-state index contributed by atoms with van der Waals surface area (Å²) in [4.78, 5) is 1.38. The molecule has 0 aliphatic rings. The predicted molar refractivity (Wildman–Crippen MR) is 80.4 cm³/mol. The lowest BCUT2D eigenvalue weighted by atomic mass is 10.1. The molecule has 2 nitrogen and oxygen atoms in total. The van der Waals surface area contributed by atoms with Gasteiger partial charge in [-0.25, -0.2) is 0 Å². The molecule has 0 atom stereocenters. The molecular weight excluding hydrogens is 242 g/mol. The van der Waals surface area contributed by atoms with Crippen LogP contribution >= 0.6 is 11.8 Å². The van der Waals surface area contributed by atoms with E-state index in [0.29, 0.717) is 6.61 Å². The summed E-state index contributed by atoms with van der Waals surface area (Å²) in [6.45, 7) is 1.41. The molecule has 0 saturated carbocycles. The topological polar surface area (TPSA) is 32.3 Å².